The second-order valence-corrected chi connectivity index (χ2v) is 7.86. The average molecular weight is 494 g/mol. The van der Waals surface area contributed by atoms with Crippen LogP contribution in [0, 0.1) is 0 Å². The van der Waals surface area contributed by atoms with Gasteiger partial charge in [-0.2, -0.15) is 0 Å². The van der Waals surface area contributed by atoms with E-state index in [-0.39, 0.29) is 12.2 Å². The summed E-state index contributed by atoms with van der Waals surface area (Å²) in [5.74, 6) is -2.12. The van der Waals surface area contributed by atoms with Crippen molar-refractivity contribution < 1.29 is 33.3 Å². The first-order valence-corrected chi connectivity index (χ1v) is 11.0. The highest BCUT2D eigenvalue weighted by Crippen LogP contribution is 2.34. The van der Waals surface area contributed by atoms with Crippen LogP contribution in [0.5, 0.6) is 0 Å². The van der Waals surface area contributed by atoms with Crippen molar-refractivity contribution in [1.82, 2.24) is 9.55 Å². The maximum atomic E-state index is 12.8. The number of hydrogen-bond donors (Lipinski definition) is 1. The van der Waals surface area contributed by atoms with E-state index < -0.39 is 53.7 Å². The zero-order valence-corrected chi connectivity index (χ0v) is 19.1. The maximum Gasteiger partial charge on any atom is 0.338 e. The summed E-state index contributed by atoms with van der Waals surface area (Å²) in [4.78, 5) is 63.4. The van der Waals surface area contributed by atoms with Crippen LogP contribution in [0.2, 0.25) is 0 Å². The van der Waals surface area contributed by atoms with Crippen LogP contribution in [0.4, 0.5) is 0 Å². The molecule has 36 heavy (non-hydrogen) atoms. The number of aromatic nitrogens is 2. The number of ether oxygens (including phenoxy) is 4. The Hall–Kier alpha value is -4.51. The molecule has 1 fully saturated rings. The van der Waals surface area contributed by atoms with Crippen LogP contribution < -0.4 is 11.2 Å². The third-order valence-corrected chi connectivity index (χ3v) is 5.35. The molecule has 4 rings (SSSR count). The third-order valence-electron chi connectivity index (χ3n) is 5.35. The van der Waals surface area contributed by atoms with E-state index in [1.165, 1.54) is 12.1 Å². The van der Waals surface area contributed by atoms with Gasteiger partial charge in [-0.1, -0.05) is 36.4 Å². The molecule has 1 saturated heterocycles. The molecule has 2 aromatic carbocycles. The Bertz CT molecular complexity index is 1350. The number of nitrogens with one attached hydrogen (secondary N) is 1. The summed E-state index contributed by atoms with van der Waals surface area (Å²) < 4.78 is 23.4. The monoisotopic (exact) mass is 494 g/mol. The van der Waals surface area contributed by atoms with Crippen molar-refractivity contribution >= 4 is 17.9 Å². The largest absolute Gasteiger partial charge is 0.459 e. The van der Waals surface area contributed by atoms with Crippen molar-refractivity contribution in [3.8, 4) is 0 Å². The summed E-state index contributed by atoms with van der Waals surface area (Å²) in [6, 6.07) is 17.4. The lowest BCUT2D eigenvalue weighted by Crippen LogP contribution is -2.42. The molecule has 0 amide bonds. The summed E-state index contributed by atoms with van der Waals surface area (Å²) in [6.07, 6.45) is -3.78. The zero-order chi connectivity index (χ0) is 25.7. The minimum atomic E-state index is -1.29. The molecule has 186 valence electrons. The van der Waals surface area contributed by atoms with E-state index >= 15 is 0 Å². The van der Waals surface area contributed by atoms with Gasteiger partial charge < -0.3 is 18.9 Å². The Labute approximate surface area is 204 Å². The highest BCUT2D eigenvalue weighted by Gasteiger charge is 2.51. The lowest BCUT2D eigenvalue weighted by molar-refractivity contribution is -0.156. The van der Waals surface area contributed by atoms with Crippen LogP contribution in [0.25, 0.3) is 0 Å². The van der Waals surface area contributed by atoms with E-state index in [0.717, 1.165) is 23.8 Å². The van der Waals surface area contributed by atoms with Crippen molar-refractivity contribution in [3.05, 3.63) is 105 Å². The molecule has 3 aromatic rings. The lowest BCUT2D eigenvalue weighted by atomic mass is 10.1. The summed E-state index contributed by atoms with van der Waals surface area (Å²) in [6.45, 7) is 0.762. The highest BCUT2D eigenvalue weighted by atomic mass is 16.7. The summed E-state index contributed by atoms with van der Waals surface area (Å²) in [7, 11) is 0. The molecule has 1 N–H and O–H groups in total. The predicted octanol–water partition coefficient (Wildman–Crippen LogP) is 1.45. The van der Waals surface area contributed by atoms with Crippen LogP contribution >= 0.6 is 0 Å². The van der Waals surface area contributed by atoms with Gasteiger partial charge in [0, 0.05) is 19.2 Å². The number of aromatic amines is 1. The van der Waals surface area contributed by atoms with Crippen molar-refractivity contribution in [2.24, 2.45) is 0 Å². The molecule has 1 aromatic heterocycles. The Balaban J connectivity index is 1.65. The first kappa shape index (κ1) is 24.6. The summed E-state index contributed by atoms with van der Waals surface area (Å²) >= 11 is 0. The van der Waals surface area contributed by atoms with E-state index in [2.05, 4.69) is 4.98 Å². The lowest BCUT2D eigenvalue weighted by Gasteiger charge is -2.24. The number of carbonyl (C=O) groups excluding carboxylic acids is 3. The van der Waals surface area contributed by atoms with Crippen molar-refractivity contribution in [3.63, 3.8) is 0 Å². The molecule has 0 spiro atoms. The topological polar surface area (TPSA) is 143 Å². The van der Waals surface area contributed by atoms with Gasteiger partial charge in [-0.3, -0.25) is 19.1 Å². The number of nitrogens with zero attached hydrogens (tertiary/aromatic N) is 1. The molecule has 0 unspecified atom stereocenters. The molecule has 0 aliphatic carbocycles. The van der Waals surface area contributed by atoms with Gasteiger partial charge in [0.25, 0.3) is 5.56 Å². The van der Waals surface area contributed by atoms with Crippen molar-refractivity contribution in [2.75, 3.05) is 6.61 Å². The number of carbonyl (C=O) groups is 3. The van der Waals surface area contributed by atoms with Gasteiger partial charge in [-0.25, -0.2) is 14.4 Å². The molecule has 0 radical (unpaired) electrons. The Morgan fingerprint density at radius 3 is 2.06 bits per heavy atom. The smallest absolute Gasteiger partial charge is 0.338 e. The van der Waals surface area contributed by atoms with Crippen LogP contribution in [0.15, 0.2) is 82.5 Å². The normalized spacial score (nSPS) is 20.9. The van der Waals surface area contributed by atoms with E-state index in [9.17, 15) is 24.0 Å². The second kappa shape index (κ2) is 10.8. The SMILES string of the molecule is CC(=O)O[C@H]1[C@H](OC(=O)c2ccccc2)[C@H](COC(=O)c2ccccc2)O[C@@H]1n1ccc(=O)[nH]c1=O. The van der Waals surface area contributed by atoms with Gasteiger partial charge in [0.05, 0.1) is 11.1 Å². The molecule has 1 aliphatic heterocycles. The first-order valence-electron chi connectivity index (χ1n) is 11.0. The Morgan fingerprint density at radius 2 is 1.47 bits per heavy atom. The quantitative estimate of drug-likeness (QED) is 0.381. The molecular weight excluding hydrogens is 472 g/mol. The third kappa shape index (κ3) is 5.58. The van der Waals surface area contributed by atoms with E-state index in [4.69, 9.17) is 18.9 Å². The van der Waals surface area contributed by atoms with E-state index in [1.807, 2.05) is 0 Å². The van der Waals surface area contributed by atoms with Gasteiger partial charge in [0.2, 0.25) is 0 Å². The van der Waals surface area contributed by atoms with Gasteiger partial charge in [0.1, 0.15) is 12.7 Å². The molecule has 11 nitrogen and oxygen atoms in total. The fraction of sp³-hybridized carbons (Fsp3) is 0.240. The molecule has 1 aliphatic rings. The van der Waals surface area contributed by atoms with Crippen LogP contribution in [0.1, 0.15) is 33.9 Å². The fourth-order valence-electron chi connectivity index (χ4n) is 3.73. The first-order chi connectivity index (χ1) is 17.3. The highest BCUT2D eigenvalue weighted by molar-refractivity contribution is 5.90. The molecule has 0 saturated carbocycles. The maximum absolute atomic E-state index is 12.8. The molecule has 11 heteroatoms. The van der Waals surface area contributed by atoms with Gasteiger partial charge in [-0.15, -0.1) is 0 Å². The molecule has 4 atom stereocenters. The summed E-state index contributed by atoms with van der Waals surface area (Å²) in [5.41, 5.74) is -0.958. The van der Waals surface area contributed by atoms with E-state index in [1.54, 1.807) is 48.5 Å². The number of H-pyrrole nitrogens is 1. The molecular formula is C25H22N2O9. The fourth-order valence-corrected chi connectivity index (χ4v) is 3.73. The summed E-state index contributed by atoms with van der Waals surface area (Å²) in [5, 5.41) is 0. The van der Waals surface area contributed by atoms with Crippen molar-refractivity contribution in [2.45, 2.75) is 31.5 Å². The second-order valence-electron chi connectivity index (χ2n) is 7.86. The van der Waals surface area contributed by atoms with Crippen LogP contribution in [0.3, 0.4) is 0 Å². The molecule has 2 heterocycles. The standard InChI is InChI=1S/C25H22N2O9/c1-15(28)34-21-20(36-24(31)17-10-6-3-7-11-17)18(14-33-23(30)16-8-4-2-5-9-16)35-22(21)27-13-12-19(29)26-25(27)32/h2-13,18,20-22H,14H2,1H3,(H,26,29,32)/t18-,20+,21-,22-/m0/s1. The Kier molecular flexibility index (Phi) is 7.40. The number of esters is 3. The van der Waals surface area contributed by atoms with Gasteiger partial charge in [0.15, 0.2) is 18.4 Å². The number of rotatable bonds is 7. The van der Waals surface area contributed by atoms with Gasteiger partial charge in [-0.05, 0) is 24.3 Å². The van der Waals surface area contributed by atoms with E-state index in [0.29, 0.717) is 5.56 Å². The average Bonchev–Trinajstić information content (AvgIpc) is 3.19. The minimum Gasteiger partial charge on any atom is -0.459 e. The Morgan fingerprint density at radius 1 is 0.861 bits per heavy atom. The zero-order valence-electron chi connectivity index (χ0n) is 19.1. The number of hydrogen-bond acceptors (Lipinski definition) is 9. The van der Waals surface area contributed by atoms with Crippen LogP contribution in [-0.2, 0) is 23.7 Å². The number of benzene rings is 2. The van der Waals surface area contributed by atoms with Gasteiger partial charge >= 0.3 is 23.6 Å². The van der Waals surface area contributed by atoms with Crippen LogP contribution in [-0.4, -0.2) is 52.4 Å². The predicted molar refractivity (Wildman–Crippen MR) is 123 cm³/mol. The minimum absolute atomic E-state index is 0.226. The molecule has 0 bridgehead atoms. The van der Waals surface area contributed by atoms with Crippen molar-refractivity contribution in [1.29, 1.82) is 0 Å².